The lowest BCUT2D eigenvalue weighted by Crippen LogP contribution is -2.00. The van der Waals surface area contributed by atoms with E-state index >= 15 is 0 Å². The Labute approximate surface area is 265 Å². The second-order valence-corrected chi connectivity index (χ2v) is 11.6. The Hall–Kier alpha value is -5.34. The summed E-state index contributed by atoms with van der Waals surface area (Å²) in [6.07, 6.45) is 11.7. The van der Waals surface area contributed by atoms with Crippen LogP contribution in [0.1, 0.15) is 37.7 Å². The van der Waals surface area contributed by atoms with E-state index in [1.165, 1.54) is 49.0 Å². The first-order valence-corrected chi connectivity index (χ1v) is 15.9. The van der Waals surface area contributed by atoms with Gasteiger partial charge in [0.05, 0.1) is 17.1 Å². The maximum absolute atomic E-state index is 5.07. The van der Waals surface area contributed by atoms with Crippen LogP contribution in [0.5, 0.6) is 0 Å². The highest BCUT2D eigenvalue weighted by Gasteiger charge is 2.21. The Balaban J connectivity index is 1.48. The van der Waals surface area contributed by atoms with Crippen molar-refractivity contribution in [2.45, 2.75) is 32.1 Å². The van der Waals surface area contributed by atoms with Gasteiger partial charge in [0.25, 0.3) is 0 Å². The lowest BCUT2D eigenvalue weighted by molar-refractivity contribution is 0.864. The van der Waals surface area contributed by atoms with E-state index in [2.05, 4.69) is 134 Å². The molecule has 218 valence electrons. The van der Waals surface area contributed by atoms with Gasteiger partial charge in [-0.2, -0.15) is 0 Å². The number of pyridine rings is 2. The second kappa shape index (κ2) is 12.7. The molecule has 0 aliphatic heterocycles. The number of unbranched alkanes of at least 4 members (excludes halogenated alkanes) is 1. The zero-order chi connectivity index (χ0) is 30.6. The highest BCUT2D eigenvalue weighted by Crippen LogP contribution is 2.45. The molecule has 2 heteroatoms. The quantitative estimate of drug-likeness (QED) is 0.125. The summed E-state index contributed by atoms with van der Waals surface area (Å²) in [4.78, 5) is 9.60. The molecule has 0 bridgehead atoms. The highest BCUT2D eigenvalue weighted by molar-refractivity contribution is 6.19. The zero-order valence-corrected chi connectivity index (χ0v) is 25.7. The second-order valence-electron chi connectivity index (χ2n) is 11.6. The standard InChI is InChI=1S/C43H36N2/c1-3-5-6-17-30(16-4-2)42-35-18-7-9-20-37(35)43(38-21-10-8-19-36(38)42)34-25-14-22-31-32(34)23-13-24-33(31)39-27-15-28-41(45-39)40-26-11-12-29-44-40/h4,6-15,17-30H,2-3,5,16H2,1H3/b17-6-. The molecule has 0 fully saturated rings. The van der Waals surface area contributed by atoms with Crippen LogP contribution < -0.4 is 0 Å². The summed E-state index contributed by atoms with van der Waals surface area (Å²) in [6, 6.07) is 43.3. The fourth-order valence-corrected chi connectivity index (χ4v) is 6.74. The number of rotatable bonds is 9. The molecule has 45 heavy (non-hydrogen) atoms. The molecular weight excluding hydrogens is 544 g/mol. The van der Waals surface area contributed by atoms with Gasteiger partial charge < -0.3 is 0 Å². The number of hydrogen-bond donors (Lipinski definition) is 0. The molecule has 2 aromatic heterocycles. The first-order valence-electron chi connectivity index (χ1n) is 15.9. The monoisotopic (exact) mass is 580 g/mol. The van der Waals surface area contributed by atoms with Gasteiger partial charge in [-0.3, -0.25) is 4.98 Å². The van der Waals surface area contributed by atoms with E-state index in [-0.39, 0.29) is 5.92 Å². The minimum absolute atomic E-state index is 0.259. The van der Waals surface area contributed by atoms with Gasteiger partial charge in [0, 0.05) is 17.7 Å². The molecule has 2 nitrogen and oxygen atoms in total. The van der Waals surface area contributed by atoms with Crippen molar-refractivity contribution in [1.29, 1.82) is 0 Å². The molecular formula is C43H36N2. The number of nitrogens with zero attached hydrogens (tertiary/aromatic N) is 2. The Kier molecular flexibility index (Phi) is 8.04. The Morgan fingerprint density at radius 3 is 1.84 bits per heavy atom. The molecule has 0 saturated heterocycles. The lowest BCUT2D eigenvalue weighted by Gasteiger charge is -2.22. The molecule has 0 saturated carbocycles. The Morgan fingerprint density at radius 2 is 1.18 bits per heavy atom. The van der Waals surface area contributed by atoms with Crippen molar-refractivity contribution >= 4 is 32.3 Å². The first-order chi connectivity index (χ1) is 22.3. The van der Waals surface area contributed by atoms with E-state index in [1.807, 2.05) is 30.5 Å². The maximum Gasteiger partial charge on any atom is 0.0893 e. The van der Waals surface area contributed by atoms with Crippen LogP contribution in [-0.2, 0) is 0 Å². The molecule has 0 N–H and O–H groups in total. The number of aromatic nitrogens is 2. The number of allylic oxidation sites excluding steroid dienone is 3. The molecule has 5 aromatic carbocycles. The molecule has 0 spiro atoms. The van der Waals surface area contributed by atoms with Crippen LogP contribution in [0.3, 0.4) is 0 Å². The number of fused-ring (bicyclic) bond motifs is 3. The molecule has 2 heterocycles. The van der Waals surface area contributed by atoms with E-state index in [1.54, 1.807) is 0 Å². The minimum Gasteiger partial charge on any atom is -0.255 e. The third kappa shape index (κ3) is 5.34. The first kappa shape index (κ1) is 28.4. The summed E-state index contributed by atoms with van der Waals surface area (Å²) >= 11 is 0. The zero-order valence-electron chi connectivity index (χ0n) is 25.7. The van der Waals surface area contributed by atoms with Crippen molar-refractivity contribution in [2.75, 3.05) is 0 Å². The van der Waals surface area contributed by atoms with Gasteiger partial charge in [0.1, 0.15) is 0 Å². The molecule has 0 aliphatic rings. The van der Waals surface area contributed by atoms with Crippen molar-refractivity contribution in [3.05, 3.63) is 158 Å². The van der Waals surface area contributed by atoms with E-state index in [0.717, 1.165) is 41.9 Å². The van der Waals surface area contributed by atoms with Gasteiger partial charge in [-0.1, -0.05) is 129 Å². The normalized spacial score (nSPS) is 12.3. The Bertz CT molecular complexity index is 2120. The molecule has 7 rings (SSSR count). The van der Waals surface area contributed by atoms with Crippen molar-refractivity contribution in [3.8, 4) is 33.8 Å². The van der Waals surface area contributed by atoms with Crippen molar-refractivity contribution < 1.29 is 0 Å². The van der Waals surface area contributed by atoms with Gasteiger partial charge in [-0.05, 0) is 86.1 Å². The maximum atomic E-state index is 5.07. The van der Waals surface area contributed by atoms with Crippen LogP contribution in [0.4, 0.5) is 0 Å². The SMILES string of the molecule is C=CCC(/C=C\CCC)c1c2ccccc2c(-c2cccc3c(-c4cccc(-c5ccccn5)n4)cccc23)c2ccccc12. The van der Waals surface area contributed by atoms with E-state index in [9.17, 15) is 0 Å². The predicted molar refractivity (Wildman–Crippen MR) is 192 cm³/mol. The molecule has 0 aliphatic carbocycles. The lowest BCUT2D eigenvalue weighted by atomic mass is 9.81. The molecule has 7 aromatic rings. The van der Waals surface area contributed by atoms with Gasteiger partial charge in [0.15, 0.2) is 0 Å². The van der Waals surface area contributed by atoms with Crippen LogP contribution in [0.15, 0.2) is 152 Å². The van der Waals surface area contributed by atoms with Crippen LogP contribution in [-0.4, -0.2) is 9.97 Å². The Morgan fingerprint density at radius 1 is 0.600 bits per heavy atom. The average Bonchev–Trinajstić information content (AvgIpc) is 3.10. The predicted octanol–water partition coefficient (Wildman–Crippen LogP) is 12.0. The summed E-state index contributed by atoms with van der Waals surface area (Å²) < 4.78 is 0. The molecule has 1 unspecified atom stereocenters. The number of benzene rings is 5. The summed E-state index contributed by atoms with van der Waals surface area (Å²) in [6.45, 7) is 6.36. The summed E-state index contributed by atoms with van der Waals surface area (Å²) in [5, 5.41) is 7.56. The highest BCUT2D eigenvalue weighted by atomic mass is 14.8. The third-order valence-electron chi connectivity index (χ3n) is 8.73. The fourth-order valence-electron chi connectivity index (χ4n) is 6.74. The summed E-state index contributed by atoms with van der Waals surface area (Å²) in [5.74, 6) is 0.259. The number of hydrogen-bond acceptors (Lipinski definition) is 2. The topological polar surface area (TPSA) is 25.8 Å². The smallest absolute Gasteiger partial charge is 0.0893 e. The average molecular weight is 581 g/mol. The van der Waals surface area contributed by atoms with Crippen LogP contribution in [0, 0.1) is 0 Å². The van der Waals surface area contributed by atoms with Gasteiger partial charge in [-0.15, -0.1) is 6.58 Å². The largest absolute Gasteiger partial charge is 0.255 e. The van der Waals surface area contributed by atoms with E-state index in [0.29, 0.717) is 0 Å². The van der Waals surface area contributed by atoms with Gasteiger partial charge in [0.2, 0.25) is 0 Å². The fraction of sp³-hybridized carbons (Fsp3) is 0.116. The summed E-state index contributed by atoms with van der Waals surface area (Å²) in [7, 11) is 0. The van der Waals surface area contributed by atoms with E-state index in [4.69, 9.17) is 4.98 Å². The molecule has 0 amide bonds. The van der Waals surface area contributed by atoms with Gasteiger partial charge >= 0.3 is 0 Å². The summed E-state index contributed by atoms with van der Waals surface area (Å²) in [5.41, 5.74) is 7.69. The van der Waals surface area contributed by atoms with Crippen molar-refractivity contribution in [1.82, 2.24) is 9.97 Å². The van der Waals surface area contributed by atoms with Gasteiger partial charge in [-0.25, -0.2) is 4.98 Å². The van der Waals surface area contributed by atoms with Crippen molar-refractivity contribution in [3.63, 3.8) is 0 Å². The van der Waals surface area contributed by atoms with Crippen molar-refractivity contribution in [2.24, 2.45) is 0 Å². The third-order valence-corrected chi connectivity index (χ3v) is 8.73. The van der Waals surface area contributed by atoms with Crippen LogP contribution >= 0.6 is 0 Å². The molecule has 0 radical (unpaired) electrons. The van der Waals surface area contributed by atoms with E-state index < -0.39 is 0 Å². The van der Waals surface area contributed by atoms with Crippen LogP contribution in [0.25, 0.3) is 66.1 Å². The molecule has 1 atom stereocenters. The van der Waals surface area contributed by atoms with Crippen LogP contribution in [0.2, 0.25) is 0 Å². The minimum atomic E-state index is 0.259.